The summed E-state index contributed by atoms with van der Waals surface area (Å²) in [5.41, 5.74) is 8.70. The molecule has 25 heavy (non-hydrogen) atoms. The zero-order chi connectivity index (χ0) is 18.5. The molecule has 132 valence electrons. The molecule has 0 radical (unpaired) electrons. The molecule has 2 aromatic rings. The molecule has 0 spiro atoms. The van der Waals surface area contributed by atoms with Gasteiger partial charge in [-0.2, -0.15) is 0 Å². The van der Waals surface area contributed by atoms with E-state index in [9.17, 15) is 4.79 Å². The van der Waals surface area contributed by atoms with Crippen molar-refractivity contribution in [1.82, 2.24) is 5.32 Å². The molecule has 4 heteroatoms. The van der Waals surface area contributed by atoms with E-state index in [1.807, 2.05) is 26.0 Å². The van der Waals surface area contributed by atoms with Gasteiger partial charge in [0.15, 0.2) is 0 Å². The van der Waals surface area contributed by atoms with Crippen LogP contribution in [0.25, 0.3) is 0 Å². The number of amides is 1. The number of benzene rings is 2. The highest BCUT2D eigenvalue weighted by Gasteiger charge is 1.98. The smallest absolute Gasteiger partial charge is 0.248 e. The zero-order valence-electron chi connectivity index (χ0n) is 15.1. The molecule has 0 saturated heterocycles. The van der Waals surface area contributed by atoms with Gasteiger partial charge in [-0.3, -0.25) is 4.79 Å². The van der Waals surface area contributed by atoms with Crippen molar-refractivity contribution in [3.05, 3.63) is 70.8 Å². The number of carbonyl (C=O) groups is 1. The van der Waals surface area contributed by atoms with Gasteiger partial charge < -0.3 is 15.8 Å². The average Bonchev–Trinajstić information content (AvgIpc) is 2.66. The Bertz CT molecular complexity index is 695. The van der Waals surface area contributed by atoms with Gasteiger partial charge in [-0.05, 0) is 42.0 Å². The van der Waals surface area contributed by atoms with Crippen molar-refractivity contribution in [1.29, 1.82) is 0 Å². The van der Waals surface area contributed by atoms with Gasteiger partial charge in [0.25, 0.3) is 0 Å². The molecule has 3 N–H and O–H groups in total. The molecule has 0 aliphatic heterocycles. The summed E-state index contributed by atoms with van der Waals surface area (Å²) in [5.74, 6) is 5.75. The largest absolute Gasteiger partial charge is 0.383 e. The van der Waals surface area contributed by atoms with E-state index in [0.717, 1.165) is 24.2 Å². The lowest BCUT2D eigenvalue weighted by atomic mass is 10.1. The Kier molecular flexibility index (Phi) is 9.69. The lowest BCUT2D eigenvalue weighted by Gasteiger charge is -2.04. The van der Waals surface area contributed by atoms with E-state index in [1.165, 1.54) is 5.56 Å². The average molecular weight is 338 g/mol. The van der Waals surface area contributed by atoms with Crippen LogP contribution in [0.5, 0.6) is 0 Å². The number of hydrogen-bond acceptors (Lipinski definition) is 3. The van der Waals surface area contributed by atoms with Crippen LogP contribution in [0, 0.1) is 11.8 Å². The molecular formula is C21H26N2O2. The second-order valence-corrected chi connectivity index (χ2v) is 5.06. The third-order valence-corrected chi connectivity index (χ3v) is 3.29. The van der Waals surface area contributed by atoms with Gasteiger partial charge in [0.05, 0.1) is 6.61 Å². The summed E-state index contributed by atoms with van der Waals surface area (Å²) in [7, 11) is 1.69. The fraction of sp³-hybridized carbons (Fsp3) is 0.286. The number of nitrogens with two attached hydrogens (primary N) is 1. The van der Waals surface area contributed by atoms with Gasteiger partial charge in [-0.15, -0.1) is 0 Å². The van der Waals surface area contributed by atoms with E-state index >= 15 is 0 Å². The van der Waals surface area contributed by atoms with Gasteiger partial charge in [-0.1, -0.05) is 37.8 Å². The van der Waals surface area contributed by atoms with Crippen LogP contribution in [-0.4, -0.2) is 26.2 Å². The van der Waals surface area contributed by atoms with Crippen molar-refractivity contribution >= 4 is 5.91 Å². The van der Waals surface area contributed by atoms with Crippen LogP contribution in [0.4, 0.5) is 0 Å². The lowest BCUT2D eigenvalue weighted by Crippen LogP contribution is -2.18. The number of nitrogens with one attached hydrogen (secondary N) is 1. The quantitative estimate of drug-likeness (QED) is 0.629. The molecule has 0 bridgehead atoms. The number of rotatable bonds is 6. The van der Waals surface area contributed by atoms with Crippen molar-refractivity contribution in [2.45, 2.75) is 20.4 Å². The molecule has 0 saturated carbocycles. The molecule has 0 fully saturated rings. The van der Waals surface area contributed by atoms with Crippen LogP contribution >= 0.6 is 0 Å². The Morgan fingerprint density at radius 1 is 1.00 bits per heavy atom. The minimum atomic E-state index is -0.431. The molecule has 0 heterocycles. The Labute approximate surface area is 150 Å². The Morgan fingerprint density at radius 3 is 2.00 bits per heavy atom. The Balaban J connectivity index is 0.00000151. The fourth-order valence-corrected chi connectivity index (χ4v) is 1.98. The molecule has 0 aliphatic rings. The first-order valence-corrected chi connectivity index (χ1v) is 8.39. The van der Waals surface area contributed by atoms with Gasteiger partial charge in [0.1, 0.15) is 0 Å². The molecule has 4 nitrogen and oxygen atoms in total. The molecule has 0 aliphatic carbocycles. The van der Waals surface area contributed by atoms with Crippen molar-refractivity contribution in [3.8, 4) is 11.8 Å². The topological polar surface area (TPSA) is 64.3 Å². The summed E-state index contributed by atoms with van der Waals surface area (Å²) in [4.78, 5) is 11.0. The summed E-state index contributed by atoms with van der Waals surface area (Å²) < 4.78 is 4.99. The standard InChI is InChI=1S/C19H20N2O2.C2H6/c1-23-13-12-21-14-17-6-4-15(5-7-17)2-3-16-8-10-18(11-9-16)19(20)22;1-2/h4-11,21H,12-14H2,1H3,(H2,20,22);1-2H3. The van der Waals surface area contributed by atoms with Gasteiger partial charge in [0.2, 0.25) is 5.91 Å². The van der Waals surface area contributed by atoms with Crippen LogP contribution in [0.15, 0.2) is 48.5 Å². The third-order valence-electron chi connectivity index (χ3n) is 3.29. The molecular weight excluding hydrogens is 312 g/mol. The van der Waals surface area contributed by atoms with Crippen LogP contribution < -0.4 is 11.1 Å². The van der Waals surface area contributed by atoms with Crippen LogP contribution in [0.3, 0.4) is 0 Å². The van der Waals surface area contributed by atoms with Crippen molar-refractivity contribution in [2.24, 2.45) is 5.73 Å². The van der Waals surface area contributed by atoms with Gasteiger partial charge in [0, 0.05) is 36.9 Å². The first kappa shape index (κ1) is 20.4. The van der Waals surface area contributed by atoms with Crippen molar-refractivity contribution < 1.29 is 9.53 Å². The second-order valence-electron chi connectivity index (χ2n) is 5.06. The highest BCUT2D eigenvalue weighted by Crippen LogP contribution is 2.05. The van der Waals surface area contributed by atoms with E-state index in [2.05, 4.69) is 29.3 Å². The molecule has 2 aromatic carbocycles. The highest BCUT2D eigenvalue weighted by molar-refractivity contribution is 5.92. The number of hydrogen-bond donors (Lipinski definition) is 2. The first-order chi connectivity index (χ1) is 12.2. The summed E-state index contributed by atoms with van der Waals surface area (Å²) in [6, 6.07) is 15.1. The monoisotopic (exact) mass is 338 g/mol. The number of primary amides is 1. The molecule has 0 unspecified atom stereocenters. The number of methoxy groups -OCH3 is 1. The summed E-state index contributed by atoms with van der Waals surface area (Å²) in [5, 5.41) is 3.30. The zero-order valence-corrected chi connectivity index (χ0v) is 15.1. The SMILES string of the molecule is CC.COCCNCc1ccc(C#Cc2ccc(C(N)=O)cc2)cc1. The molecule has 0 aromatic heterocycles. The summed E-state index contributed by atoms with van der Waals surface area (Å²) in [6.45, 7) is 6.35. The van der Waals surface area contributed by atoms with Gasteiger partial charge in [-0.25, -0.2) is 0 Å². The molecule has 1 amide bonds. The minimum absolute atomic E-state index is 0.431. The number of carbonyl (C=O) groups excluding carboxylic acids is 1. The van der Waals surface area contributed by atoms with E-state index in [1.54, 1.807) is 31.4 Å². The van der Waals surface area contributed by atoms with Crippen LogP contribution in [0.1, 0.15) is 40.9 Å². The first-order valence-electron chi connectivity index (χ1n) is 8.39. The van der Waals surface area contributed by atoms with E-state index in [0.29, 0.717) is 12.2 Å². The molecule has 2 rings (SSSR count). The normalized spacial score (nSPS) is 9.40. The summed E-state index contributed by atoms with van der Waals surface area (Å²) >= 11 is 0. The van der Waals surface area contributed by atoms with Crippen molar-refractivity contribution in [3.63, 3.8) is 0 Å². The summed E-state index contributed by atoms with van der Waals surface area (Å²) in [6.07, 6.45) is 0. The maximum atomic E-state index is 11.0. The second kappa shape index (κ2) is 11.9. The minimum Gasteiger partial charge on any atom is -0.383 e. The predicted molar refractivity (Wildman–Crippen MR) is 102 cm³/mol. The highest BCUT2D eigenvalue weighted by atomic mass is 16.5. The van der Waals surface area contributed by atoms with Crippen LogP contribution in [-0.2, 0) is 11.3 Å². The van der Waals surface area contributed by atoms with E-state index < -0.39 is 5.91 Å². The third kappa shape index (κ3) is 7.67. The maximum absolute atomic E-state index is 11.0. The van der Waals surface area contributed by atoms with Gasteiger partial charge >= 0.3 is 0 Å². The van der Waals surface area contributed by atoms with E-state index in [4.69, 9.17) is 10.5 Å². The predicted octanol–water partition coefficient (Wildman–Crippen LogP) is 2.95. The Morgan fingerprint density at radius 2 is 1.52 bits per heavy atom. The molecule has 0 atom stereocenters. The number of ether oxygens (including phenoxy) is 1. The van der Waals surface area contributed by atoms with Crippen LogP contribution in [0.2, 0.25) is 0 Å². The fourth-order valence-electron chi connectivity index (χ4n) is 1.98. The maximum Gasteiger partial charge on any atom is 0.248 e. The van der Waals surface area contributed by atoms with E-state index in [-0.39, 0.29) is 0 Å². The van der Waals surface area contributed by atoms with Crippen molar-refractivity contribution in [2.75, 3.05) is 20.3 Å². The Hall–Kier alpha value is -2.61. The lowest BCUT2D eigenvalue weighted by molar-refractivity contribution is 0.100.